The van der Waals surface area contributed by atoms with Crippen molar-refractivity contribution in [2.24, 2.45) is 5.73 Å². The first-order chi connectivity index (χ1) is 9.62. The summed E-state index contributed by atoms with van der Waals surface area (Å²) in [5.41, 5.74) is 6.56. The highest BCUT2D eigenvalue weighted by Crippen LogP contribution is 2.22. The first-order valence-electron chi connectivity index (χ1n) is 7.10. The lowest BCUT2D eigenvalue weighted by atomic mass is 9.99. The van der Waals surface area contributed by atoms with E-state index in [1.165, 1.54) is 13.8 Å². The molecule has 0 saturated heterocycles. The molecule has 0 fully saturated rings. The Morgan fingerprint density at radius 1 is 1.38 bits per heavy atom. The summed E-state index contributed by atoms with van der Waals surface area (Å²) in [7, 11) is 0. The van der Waals surface area contributed by atoms with Crippen LogP contribution >= 0.6 is 0 Å². The number of amides is 1. The number of nitrogens with one attached hydrogen (secondary N) is 1. The van der Waals surface area contributed by atoms with Crippen molar-refractivity contribution in [1.82, 2.24) is 5.32 Å². The molecule has 5 nitrogen and oxygen atoms in total. The molecule has 0 aromatic heterocycles. The van der Waals surface area contributed by atoms with Gasteiger partial charge in [-0.15, -0.1) is 0 Å². The maximum Gasteiger partial charge on any atom is 0.240 e. The average molecular weight is 294 g/mol. The van der Waals surface area contributed by atoms with E-state index in [1.807, 2.05) is 39.0 Å². The van der Waals surface area contributed by atoms with Crippen molar-refractivity contribution in [3.8, 4) is 5.75 Å². The number of carbonyl (C=O) groups is 1. The Labute approximate surface area is 126 Å². The summed E-state index contributed by atoms with van der Waals surface area (Å²) >= 11 is 0. The topological polar surface area (TPSA) is 84.6 Å². The Hall–Kier alpha value is -1.59. The monoisotopic (exact) mass is 294 g/mol. The minimum atomic E-state index is -1.25. The molecule has 0 radical (unpaired) electrons. The number of nitrogens with two attached hydrogens (primary N) is 1. The van der Waals surface area contributed by atoms with Crippen LogP contribution in [-0.4, -0.2) is 35.3 Å². The molecular weight excluding hydrogens is 268 g/mol. The molecular formula is C16H26N2O3. The molecule has 0 saturated carbocycles. The fourth-order valence-corrected chi connectivity index (χ4v) is 1.93. The van der Waals surface area contributed by atoms with E-state index in [1.54, 1.807) is 0 Å². The molecule has 1 aromatic rings. The van der Waals surface area contributed by atoms with Gasteiger partial charge in [0.1, 0.15) is 18.4 Å². The normalized spacial score (nSPS) is 14.4. The Kier molecular flexibility index (Phi) is 5.75. The molecule has 118 valence electrons. The molecule has 1 rings (SSSR count). The van der Waals surface area contributed by atoms with Gasteiger partial charge in [-0.25, -0.2) is 0 Å². The first kappa shape index (κ1) is 17.5. The van der Waals surface area contributed by atoms with Crippen LogP contribution < -0.4 is 15.8 Å². The Bertz CT molecular complexity index is 475. The third-order valence-corrected chi connectivity index (χ3v) is 3.32. The number of carbonyl (C=O) groups excluding carboxylic acids is 1. The predicted molar refractivity (Wildman–Crippen MR) is 83.3 cm³/mol. The third kappa shape index (κ3) is 5.02. The van der Waals surface area contributed by atoms with Crippen LogP contribution in [0.5, 0.6) is 5.75 Å². The summed E-state index contributed by atoms with van der Waals surface area (Å²) in [6.07, 6.45) is 0. The molecule has 0 heterocycles. The van der Waals surface area contributed by atoms with Gasteiger partial charge in [0, 0.05) is 0 Å². The zero-order chi connectivity index (χ0) is 16.2. The van der Waals surface area contributed by atoms with Gasteiger partial charge in [0.15, 0.2) is 0 Å². The molecule has 1 amide bonds. The van der Waals surface area contributed by atoms with Crippen molar-refractivity contribution in [2.75, 3.05) is 6.61 Å². The summed E-state index contributed by atoms with van der Waals surface area (Å²) in [5.74, 6) is 0.450. The molecule has 0 bridgehead atoms. The number of rotatable bonds is 6. The lowest BCUT2D eigenvalue weighted by Crippen LogP contribution is -2.55. The minimum Gasteiger partial charge on any atom is -0.491 e. The highest BCUT2D eigenvalue weighted by Gasteiger charge is 2.30. The molecule has 0 aliphatic heterocycles. The number of aryl methyl sites for hydroxylation is 2. The Morgan fingerprint density at radius 2 is 1.90 bits per heavy atom. The van der Waals surface area contributed by atoms with E-state index in [-0.39, 0.29) is 11.9 Å². The van der Waals surface area contributed by atoms with Crippen LogP contribution in [0, 0.1) is 13.8 Å². The van der Waals surface area contributed by atoms with Crippen LogP contribution in [0.2, 0.25) is 0 Å². The van der Waals surface area contributed by atoms with Gasteiger partial charge >= 0.3 is 0 Å². The fraction of sp³-hybridized carbons (Fsp3) is 0.562. The van der Waals surface area contributed by atoms with Crippen molar-refractivity contribution in [1.29, 1.82) is 0 Å². The molecule has 0 aliphatic rings. The van der Waals surface area contributed by atoms with Crippen LogP contribution in [0.1, 0.15) is 31.9 Å². The van der Waals surface area contributed by atoms with Gasteiger partial charge in [0.25, 0.3) is 0 Å². The molecule has 5 heteroatoms. The minimum absolute atomic E-state index is 0.204. The van der Waals surface area contributed by atoms with E-state index in [0.29, 0.717) is 6.61 Å². The summed E-state index contributed by atoms with van der Waals surface area (Å²) in [6, 6.07) is 4.77. The summed E-state index contributed by atoms with van der Waals surface area (Å²) in [5, 5.41) is 12.5. The smallest absolute Gasteiger partial charge is 0.240 e. The number of benzene rings is 1. The molecule has 0 spiro atoms. The van der Waals surface area contributed by atoms with E-state index < -0.39 is 11.6 Å². The van der Waals surface area contributed by atoms with E-state index in [4.69, 9.17) is 10.5 Å². The van der Waals surface area contributed by atoms with Crippen molar-refractivity contribution >= 4 is 5.91 Å². The second kappa shape index (κ2) is 6.91. The average Bonchev–Trinajstić information content (AvgIpc) is 2.36. The second-order valence-electron chi connectivity index (χ2n) is 6.07. The summed E-state index contributed by atoms with van der Waals surface area (Å²) < 4.78 is 5.78. The van der Waals surface area contributed by atoms with Crippen molar-refractivity contribution in [3.63, 3.8) is 0 Å². The van der Waals surface area contributed by atoms with Gasteiger partial charge in [-0.05, 0) is 45.7 Å². The summed E-state index contributed by atoms with van der Waals surface area (Å²) in [6.45, 7) is 9.16. The quantitative estimate of drug-likeness (QED) is 0.738. The molecule has 2 atom stereocenters. The highest BCUT2D eigenvalue weighted by atomic mass is 16.5. The Morgan fingerprint density at radius 3 is 2.38 bits per heavy atom. The van der Waals surface area contributed by atoms with Crippen LogP contribution in [0.25, 0.3) is 0 Å². The van der Waals surface area contributed by atoms with Gasteiger partial charge in [-0.2, -0.15) is 0 Å². The van der Waals surface area contributed by atoms with Crippen LogP contribution in [-0.2, 0) is 4.79 Å². The van der Waals surface area contributed by atoms with Crippen molar-refractivity contribution in [3.05, 3.63) is 29.3 Å². The van der Waals surface area contributed by atoms with E-state index in [9.17, 15) is 9.90 Å². The second-order valence-corrected chi connectivity index (χ2v) is 6.07. The number of hydrogen-bond acceptors (Lipinski definition) is 4. The predicted octanol–water partition coefficient (Wildman–Crippen LogP) is 1.29. The van der Waals surface area contributed by atoms with Gasteiger partial charge < -0.3 is 20.9 Å². The fourth-order valence-electron chi connectivity index (χ4n) is 1.93. The van der Waals surface area contributed by atoms with E-state index >= 15 is 0 Å². The lowest BCUT2D eigenvalue weighted by Gasteiger charge is -2.26. The number of para-hydroxylation sites is 1. The molecule has 21 heavy (non-hydrogen) atoms. The SMILES string of the molecule is Cc1cccc(C)c1OCC(C)NC(=O)[C@@H](N)C(C)(C)O. The van der Waals surface area contributed by atoms with Gasteiger partial charge in [-0.3, -0.25) is 4.79 Å². The molecule has 1 unspecified atom stereocenters. The van der Waals surface area contributed by atoms with Gasteiger partial charge in [-0.1, -0.05) is 18.2 Å². The zero-order valence-electron chi connectivity index (χ0n) is 13.4. The third-order valence-electron chi connectivity index (χ3n) is 3.32. The largest absolute Gasteiger partial charge is 0.491 e. The maximum atomic E-state index is 11.9. The van der Waals surface area contributed by atoms with Gasteiger partial charge in [0.05, 0.1) is 11.6 Å². The lowest BCUT2D eigenvalue weighted by molar-refractivity contribution is -0.128. The standard InChI is InChI=1S/C16H26N2O3/c1-10-7-6-8-11(2)13(10)21-9-12(3)18-15(19)14(17)16(4,5)20/h6-8,12,14,20H,9,17H2,1-5H3,(H,18,19)/t12?,14-/m1/s1. The molecule has 4 N–H and O–H groups in total. The van der Waals surface area contributed by atoms with Crippen LogP contribution in [0.15, 0.2) is 18.2 Å². The Balaban J connectivity index is 2.55. The molecule has 1 aromatic carbocycles. The zero-order valence-corrected chi connectivity index (χ0v) is 13.4. The van der Waals surface area contributed by atoms with Crippen LogP contribution in [0.4, 0.5) is 0 Å². The summed E-state index contributed by atoms with van der Waals surface area (Å²) in [4.78, 5) is 11.9. The van der Waals surface area contributed by atoms with Gasteiger partial charge in [0.2, 0.25) is 5.91 Å². The molecule has 0 aliphatic carbocycles. The highest BCUT2D eigenvalue weighted by molar-refractivity contribution is 5.83. The van der Waals surface area contributed by atoms with Crippen molar-refractivity contribution < 1.29 is 14.6 Å². The van der Waals surface area contributed by atoms with E-state index in [2.05, 4.69) is 5.32 Å². The number of hydrogen-bond donors (Lipinski definition) is 3. The number of ether oxygens (including phenoxy) is 1. The van der Waals surface area contributed by atoms with Crippen molar-refractivity contribution in [2.45, 2.75) is 52.3 Å². The van der Waals surface area contributed by atoms with E-state index in [0.717, 1.165) is 16.9 Å². The first-order valence-corrected chi connectivity index (χ1v) is 7.10. The maximum absolute atomic E-state index is 11.9. The van der Waals surface area contributed by atoms with Crippen LogP contribution in [0.3, 0.4) is 0 Å². The number of aliphatic hydroxyl groups is 1.